The van der Waals surface area contributed by atoms with Gasteiger partial charge in [-0.05, 0) is 80.8 Å². The van der Waals surface area contributed by atoms with Gasteiger partial charge in [0, 0.05) is 44.4 Å². The summed E-state index contributed by atoms with van der Waals surface area (Å²) in [5, 5.41) is 5.95. The monoisotopic (exact) mass is 508 g/mol. The summed E-state index contributed by atoms with van der Waals surface area (Å²) in [6, 6.07) is 13.2. The van der Waals surface area contributed by atoms with Crippen LogP contribution in [0.4, 0.5) is 14.9 Å². The number of benzene rings is 2. The maximum Gasteiger partial charge on any atom is 0.319 e. The van der Waals surface area contributed by atoms with Gasteiger partial charge in [-0.3, -0.25) is 9.59 Å². The minimum atomic E-state index is -0.339. The third kappa shape index (κ3) is 7.61. The standard InChI is InChI=1S/C29H37FN4O3/c1-20(35)24-6-3-7-27(16-24)31-29(37)32-28-19-34(21(2)36)14-12-25(28)18-33-13-4-5-23(17-33)15-22-8-10-26(30)11-9-22/h3,6-11,16,23,25,28H,4-5,12-15,17-19H2,1-2H3,(H2,31,32,37)/t23?,25-,28-/m0/s1. The van der Waals surface area contributed by atoms with E-state index in [1.165, 1.54) is 19.1 Å². The van der Waals surface area contributed by atoms with Crippen LogP contribution in [-0.4, -0.2) is 66.3 Å². The van der Waals surface area contributed by atoms with Crippen molar-refractivity contribution in [1.29, 1.82) is 0 Å². The van der Waals surface area contributed by atoms with Crippen molar-refractivity contribution in [3.63, 3.8) is 0 Å². The van der Waals surface area contributed by atoms with Crippen LogP contribution in [0.3, 0.4) is 0 Å². The Hall–Kier alpha value is -3.26. The summed E-state index contributed by atoms with van der Waals surface area (Å²) in [6.07, 6.45) is 4.02. The molecule has 2 aromatic rings. The average Bonchev–Trinajstić information content (AvgIpc) is 2.86. The highest BCUT2D eigenvalue weighted by Crippen LogP contribution is 2.25. The van der Waals surface area contributed by atoms with Crippen LogP contribution in [-0.2, 0) is 11.2 Å². The Labute approximate surface area is 218 Å². The number of urea groups is 1. The molecule has 0 saturated carbocycles. The van der Waals surface area contributed by atoms with Gasteiger partial charge in [-0.25, -0.2) is 9.18 Å². The van der Waals surface area contributed by atoms with Gasteiger partial charge < -0.3 is 20.4 Å². The summed E-state index contributed by atoms with van der Waals surface area (Å²) in [5.74, 6) is 0.472. The first-order valence-corrected chi connectivity index (χ1v) is 13.2. The lowest BCUT2D eigenvalue weighted by atomic mass is 9.87. The van der Waals surface area contributed by atoms with Gasteiger partial charge in [0.1, 0.15) is 5.82 Å². The molecule has 8 heteroatoms. The number of anilines is 1. The van der Waals surface area contributed by atoms with Crippen molar-refractivity contribution < 1.29 is 18.8 Å². The lowest BCUT2D eigenvalue weighted by Crippen LogP contribution is -2.57. The Morgan fingerprint density at radius 1 is 1.00 bits per heavy atom. The quantitative estimate of drug-likeness (QED) is 0.545. The van der Waals surface area contributed by atoms with Crippen LogP contribution in [0.2, 0.25) is 0 Å². The number of Topliss-reactive ketones (excluding diaryl/α,β-unsaturated/α-hetero) is 1. The van der Waals surface area contributed by atoms with E-state index in [-0.39, 0.29) is 35.5 Å². The topological polar surface area (TPSA) is 81.8 Å². The number of carbonyl (C=O) groups excluding carboxylic acids is 3. The smallest absolute Gasteiger partial charge is 0.319 e. The maximum atomic E-state index is 13.3. The van der Waals surface area contributed by atoms with Crippen molar-refractivity contribution in [1.82, 2.24) is 15.1 Å². The molecular formula is C29H37FN4O3. The van der Waals surface area contributed by atoms with Gasteiger partial charge in [-0.15, -0.1) is 0 Å². The van der Waals surface area contributed by atoms with Crippen molar-refractivity contribution in [3.05, 3.63) is 65.5 Å². The second-order valence-corrected chi connectivity index (χ2v) is 10.5. The molecule has 2 saturated heterocycles. The summed E-state index contributed by atoms with van der Waals surface area (Å²) in [6.45, 7) is 7.07. The zero-order valence-electron chi connectivity index (χ0n) is 21.7. The van der Waals surface area contributed by atoms with E-state index in [0.29, 0.717) is 30.3 Å². The molecule has 2 N–H and O–H groups in total. The molecule has 4 rings (SSSR count). The molecule has 0 spiro atoms. The molecule has 0 aliphatic carbocycles. The molecule has 0 aromatic heterocycles. The van der Waals surface area contributed by atoms with Crippen molar-refractivity contribution in [3.8, 4) is 0 Å². The van der Waals surface area contributed by atoms with Gasteiger partial charge in [-0.1, -0.05) is 24.3 Å². The number of nitrogens with one attached hydrogen (secondary N) is 2. The largest absolute Gasteiger partial charge is 0.341 e. The third-order valence-corrected chi connectivity index (χ3v) is 7.58. The number of halogens is 1. The fourth-order valence-electron chi connectivity index (χ4n) is 5.59. The van der Waals surface area contributed by atoms with Crippen molar-refractivity contribution in [2.45, 2.75) is 45.6 Å². The molecule has 2 aliphatic rings. The molecule has 7 nitrogen and oxygen atoms in total. The van der Waals surface area contributed by atoms with E-state index in [1.54, 1.807) is 36.1 Å². The Kier molecular flexibility index (Phi) is 8.92. The molecule has 2 aliphatic heterocycles. The van der Waals surface area contributed by atoms with Crippen LogP contribution in [0.5, 0.6) is 0 Å². The van der Waals surface area contributed by atoms with Crippen LogP contribution >= 0.6 is 0 Å². The van der Waals surface area contributed by atoms with Gasteiger partial charge in [-0.2, -0.15) is 0 Å². The SMILES string of the molecule is CC(=O)c1cccc(NC(=O)N[C@H]2CN(C(C)=O)CC[C@H]2CN2CCCC(Cc3ccc(F)cc3)C2)c1. The highest BCUT2D eigenvalue weighted by Gasteiger charge is 2.34. The molecule has 0 bridgehead atoms. The highest BCUT2D eigenvalue weighted by atomic mass is 19.1. The number of nitrogens with zero attached hydrogens (tertiary/aromatic N) is 2. The number of hydrogen-bond acceptors (Lipinski definition) is 4. The second kappa shape index (κ2) is 12.3. The van der Waals surface area contributed by atoms with Crippen molar-refractivity contribution in [2.75, 3.05) is 38.0 Å². The first-order chi connectivity index (χ1) is 17.8. The van der Waals surface area contributed by atoms with Gasteiger partial charge in [0.2, 0.25) is 5.91 Å². The van der Waals surface area contributed by atoms with Crippen LogP contribution in [0, 0.1) is 17.7 Å². The summed E-state index contributed by atoms with van der Waals surface area (Å²) >= 11 is 0. The molecule has 3 atom stereocenters. The van der Waals surface area contributed by atoms with Gasteiger partial charge >= 0.3 is 6.03 Å². The van der Waals surface area contributed by atoms with Crippen molar-refractivity contribution in [2.24, 2.45) is 11.8 Å². The fraction of sp³-hybridized carbons (Fsp3) is 0.483. The third-order valence-electron chi connectivity index (χ3n) is 7.58. The van der Waals surface area contributed by atoms with E-state index in [4.69, 9.17) is 0 Å². The Morgan fingerprint density at radius 2 is 1.78 bits per heavy atom. The molecule has 0 radical (unpaired) electrons. The molecule has 37 heavy (non-hydrogen) atoms. The van der Waals surface area contributed by atoms with Gasteiger partial charge in [0.05, 0.1) is 6.04 Å². The van der Waals surface area contributed by atoms with Crippen molar-refractivity contribution >= 4 is 23.4 Å². The lowest BCUT2D eigenvalue weighted by molar-refractivity contribution is -0.130. The molecule has 198 valence electrons. The van der Waals surface area contributed by atoms with E-state index in [9.17, 15) is 18.8 Å². The number of ketones is 1. The number of likely N-dealkylation sites (tertiary alicyclic amines) is 2. The average molecular weight is 509 g/mol. The summed E-state index contributed by atoms with van der Waals surface area (Å²) < 4.78 is 13.3. The number of piperidine rings is 2. The first-order valence-electron chi connectivity index (χ1n) is 13.2. The Balaban J connectivity index is 1.37. The molecule has 3 amide bonds. The van der Waals surface area contributed by atoms with E-state index >= 15 is 0 Å². The highest BCUT2D eigenvalue weighted by molar-refractivity contribution is 5.96. The number of rotatable bonds is 7. The van der Waals surface area contributed by atoms with Crippen LogP contribution in [0.15, 0.2) is 48.5 Å². The lowest BCUT2D eigenvalue weighted by Gasteiger charge is -2.42. The first kappa shape index (κ1) is 26.8. The maximum absolute atomic E-state index is 13.3. The minimum Gasteiger partial charge on any atom is -0.341 e. The summed E-state index contributed by atoms with van der Waals surface area (Å²) in [4.78, 5) is 41.0. The summed E-state index contributed by atoms with van der Waals surface area (Å²) in [7, 11) is 0. The van der Waals surface area contributed by atoms with E-state index < -0.39 is 0 Å². The van der Waals surface area contributed by atoms with E-state index in [2.05, 4.69) is 15.5 Å². The Morgan fingerprint density at radius 3 is 2.51 bits per heavy atom. The number of carbonyl (C=O) groups is 3. The molecule has 1 unspecified atom stereocenters. The number of amides is 3. The molecule has 2 aromatic carbocycles. The van der Waals surface area contributed by atoms with Crippen LogP contribution in [0.1, 0.15) is 49.0 Å². The van der Waals surface area contributed by atoms with E-state index in [0.717, 1.165) is 50.9 Å². The predicted octanol–water partition coefficient (Wildman–Crippen LogP) is 4.34. The fourth-order valence-corrected chi connectivity index (χ4v) is 5.59. The van der Waals surface area contributed by atoms with Crippen LogP contribution < -0.4 is 10.6 Å². The zero-order valence-corrected chi connectivity index (χ0v) is 21.7. The second-order valence-electron chi connectivity index (χ2n) is 10.5. The summed E-state index contributed by atoms with van der Waals surface area (Å²) in [5.41, 5.74) is 2.25. The zero-order chi connectivity index (χ0) is 26.4. The minimum absolute atomic E-state index is 0.0113. The van der Waals surface area contributed by atoms with Gasteiger partial charge in [0.15, 0.2) is 5.78 Å². The molecule has 2 fully saturated rings. The Bertz CT molecular complexity index is 1110. The normalized spacial score (nSPS) is 22.4. The number of hydrogen-bond donors (Lipinski definition) is 2. The molecule has 2 heterocycles. The van der Waals surface area contributed by atoms with Gasteiger partial charge in [0.25, 0.3) is 0 Å². The predicted molar refractivity (Wildman–Crippen MR) is 142 cm³/mol. The van der Waals surface area contributed by atoms with Crippen LogP contribution in [0.25, 0.3) is 0 Å². The van der Waals surface area contributed by atoms with E-state index in [1.807, 2.05) is 12.1 Å². The molecular weight excluding hydrogens is 471 g/mol.